The summed E-state index contributed by atoms with van der Waals surface area (Å²) in [5.41, 5.74) is 0.745. The third kappa shape index (κ3) is 3.67. The number of rotatable bonds is 3. The van der Waals surface area contributed by atoms with E-state index in [1.807, 2.05) is 44.2 Å². The van der Waals surface area contributed by atoms with Gasteiger partial charge in [-0.2, -0.15) is 0 Å². The summed E-state index contributed by atoms with van der Waals surface area (Å²) in [5, 5.41) is 0.707. The molecule has 1 unspecified atom stereocenters. The van der Waals surface area contributed by atoms with E-state index in [0.717, 1.165) is 11.3 Å². The number of amides is 1. The third-order valence-corrected chi connectivity index (χ3v) is 7.58. The minimum atomic E-state index is -3.07. The van der Waals surface area contributed by atoms with Crippen molar-refractivity contribution >= 4 is 32.7 Å². The fraction of sp³-hybridized carbons (Fsp3) is 0.529. The van der Waals surface area contributed by atoms with E-state index in [4.69, 9.17) is 0 Å². The predicted octanol–water partition coefficient (Wildman–Crippen LogP) is 2.33. The van der Waals surface area contributed by atoms with Crippen molar-refractivity contribution in [3.63, 3.8) is 0 Å². The largest absolute Gasteiger partial charge is 0.285 e. The van der Waals surface area contributed by atoms with Crippen LogP contribution in [0.3, 0.4) is 0 Å². The Kier molecular flexibility index (Phi) is 4.75. The molecule has 2 saturated heterocycles. The molecule has 0 N–H and O–H groups in total. The molecule has 1 aromatic rings. The highest BCUT2D eigenvalue weighted by atomic mass is 32.2. The SMILES string of the molecule is CC1(C)CSC(=NCc2ccccc2)N1C(=O)C1CCS(=O)(=O)C1. The summed E-state index contributed by atoms with van der Waals surface area (Å²) in [7, 11) is -3.07. The first-order chi connectivity index (χ1) is 11.3. The van der Waals surface area contributed by atoms with Crippen LogP contribution in [-0.2, 0) is 21.2 Å². The molecule has 0 spiro atoms. The van der Waals surface area contributed by atoms with Crippen molar-refractivity contribution in [1.29, 1.82) is 0 Å². The highest BCUT2D eigenvalue weighted by molar-refractivity contribution is 8.14. The Balaban J connectivity index is 1.81. The van der Waals surface area contributed by atoms with E-state index in [1.54, 1.807) is 16.7 Å². The monoisotopic (exact) mass is 366 g/mol. The normalized spacial score (nSPS) is 26.8. The van der Waals surface area contributed by atoms with Crippen LogP contribution in [0.2, 0.25) is 0 Å². The van der Waals surface area contributed by atoms with Gasteiger partial charge in [0.1, 0.15) is 0 Å². The fourth-order valence-electron chi connectivity index (χ4n) is 3.05. The minimum absolute atomic E-state index is 0.0327. The summed E-state index contributed by atoms with van der Waals surface area (Å²) in [4.78, 5) is 19.3. The molecule has 2 fully saturated rings. The molecule has 1 amide bonds. The minimum Gasteiger partial charge on any atom is -0.285 e. The smallest absolute Gasteiger partial charge is 0.233 e. The van der Waals surface area contributed by atoms with Gasteiger partial charge in [0.15, 0.2) is 15.0 Å². The zero-order valence-electron chi connectivity index (χ0n) is 13.9. The summed E-state index contributed by atoms with van der Waals surface area (Å²) in [6.45, 7) is 4.53. The molecule has 2 heterocycles. The Morgan fingerprint density at radius 1 is 1.33 bits per heavy atom. The van der Waals surface area contributed by atoms with E-state index in [1.165, 1.54) is 0 Å². The Labute approximate surface area is 147 Å². The van der Waals surface area contributed by atoms with Crippen molar-refractivity contribution in [3.8, 4) is 0 Å². The molecular formula is C17H22N2O3S2. The number of benzene rings is 1. The van der Waals surface area contributed by atoms with Crippen molar-refractivity contribution < 1.29 is 13.2 Å². The van der Waals surface area contributed by atoms with Crippen LogP contribution in [0, 0.1) is 5.92 Å². The molecular weight excluding hydrogens is 344 g/mol. The quantitative estimate of drug-likeness (QED) is 0.823. The number of thioether (sulfide) groups is 1. The van der Waals surface area contributed by atoms with Crippen molar-refractivity contribution in [1.82, 2.24) is 4.90 Å². The Morgan fingerprint density at radius 2 is 2.04 bits per heavy atom. The topological polar surface area (TPSA) is 66.8 Å². The molecule has 24 heavy (non-hydrogen) atoms. The number of carbonyl (C=O) groups excluding carboxylic acids is 1. The maximum atomic E-state index is 12.9. The Bertz CT molecular complexity index is 757. The molecule has 130 valence electrons. The average molecular weight is 367 g/mol. The molecule has 0 bridgehead atoms. The van der Waals surface area contributed by atoms with Gasteiger partial charge in [0.05, 0.1) is 29.5 Å². The second kappa shape index (κ2) is 6.52. The third-order valence-electron chi connectivity index (χ3n) is 4.39. The molecule has 0 aromatic heterocycles. The zero-order chi connectivity index (χ0) is 17.4. The molecule has 1 atom stereocenters. The summed E-state index contributed by atoms with van der Waals surface area (Å²) in [6.07, 6.45) is 0.421. The van der Waals surface area contributed by atoms with Crippen molar-refractivity contribution in [2.75, 3.05) is 17.3 Å². The number of hydrogen-bond donors (Lipinski definition) is 0. The lowest BCUT2D eigenvalue weighted by molar-refractivity contribution is -0.133. The van der Waals surface area contributed by atoms with Gasteiger partial charge in [-0.3, -0.25) is 14.7 Å². The number of hydrogen-bond acceptors (Lipinski definition) is 5. The fourth-order valence-corrected chi connectivity index (χ4v) is 6.02. The van der Waals surface area contributed by atoms with Gasteiger partial charge >= 0.3 is 0 Å². The maximum Gasteiger partial charge on any atom is 0.233 e. The van der Waals surface area contributed by atoms with Gasteiger partial charge in [-0.05, 0) is 25.8 Å². The van der Waals surface area contributed by atoms with Gasteiger partial charge in [-0.15, -0.1) is 0 Å². The molecule has 0 aliphatic carbocycles. The second-order valence-electron chi connectivity index (χ2n) is 6.96. The van der Waals surface area contributed by atoms with E-state index in [0.29, 0.717) is 18.1 Å². The van der Waals surface area contributed by atoms with Gasteiger partial charge in [0, 0.05) is 5.75 Å². The van der Waals surface area contributed by atoms with Crippen LogP contribution >= 0.6 is 11.8 Å². The van der Waals surface area contributed by atoms with Gasteiger partial charge in [-0.1, -0.05) is 42.1 Å². The summed E-state index contributed by atoms with van der Waals surface area (Å²) >= 11 is 1.57. The standard InChI is InChI=1S/C17H22N2O3S2/c1-17(2)12-23-16(18-10-13-6-4-3-5-7-13)19(17)15(20)14-8-9-24(21,22)11-14/h3-7,14H,8-12H2,1-2H3. The maximum absolute atomic E-state index is 12.9. The molecule has 7 heteroatoms. The van der Waals surface area contributed by atoms with Crippen LogP contribution in [0.4, 0.5) is 0 Å². The summed E-state index contributed by atoms with van der Waals surface area (Å²) in [6, 6.07) is 9.90. The average Bonchev–Trinajstić information content (AvgIpc) is 3.04. The van der Waals surface area contributed by atoms with E-state index >= 15 is 0 Å². The molecule has 2 aliphatic heterocycles. The highest BCUT2D eigenvalue weighted by Crippen LogP contribution is 2.36. The first-order valence-electron chi connectivity index (χ1n) is 8.04. The molecule has 0 radical (unpaired) electrons. The molecule has 0 saturated carbocycles. The van der Waals surface area contributed by atoms with Gasteiger partial charge in [-0.25, -0.2) is 8.42 Å². The van der Waals surface area contributed by atoms with Gasteiger partial charge < -0.3 is 0 Å². The number of nitrogens with zero attached hydrogens (tertiary/aromatic N) is 2. The molecule has 5 nitrogen and oxygen atoms in total. The van der Waals surface area contributed by atoms with Crippen LogP contribution < -0.4 is 0 Å². The zero-order valence-corrected chi connectivity index (χ0v) is 15.6. The van der Waals surface area contributed by atoms with Crippen LogP contribution in [-0.4, -0.2) is 47.2 Å². The lowest BCUT2D eigenvalue weighted by Gasteiger charge is -2.32. The van der Waals surface area contributed by atoms with Crippen molar-refractivity contribution in [2.45, 2.75) is 32.4 Å². The number of carbonyl (C=O) groups is 1. The molecule has 3 rings (SSSR count). The summed E-state index contributed by atoms with van der Waals surface area (Å²) in [5.74, 6) is 0.315. The highest BCUT2D eigenvalue weighted by Gasteiger charge is 2.45. The van der Waals surface area contributed by atoms with E-state index in [-0.39, 0.29) is 23.0 Å². The van der Waals surface area contributed by atoms with Crippen LogP contribution in [0.15, 0.2) is 35.3 Å². The lowest BCUT2D eigenvalue weighted by atomic mass is 10.0. The Hall–Kier alpha value is -1.34. The Morgan fingerprint density at radius 3 is 2.67 bits per heavy atom. The predicted molar refractivity (Wildman–Crippen MR) is 97.7 cm³/mol. The number of amidine groups is 1. The van der Waals surface area contributed by atoms with E-state index in [2.05, 4.69) is 4.99 Å². The van der Waals surface area contributed by atoms with Crippen LogP contribution in [0.25, 0.3) is 0 Å². The lowest BCUT2D eigenvalue weighted by Crippen LogP contribution is -2.49. The van der Waals surface area contributed by atoms with Crippen LogP contribution in [0.1, 0.15) is 25.8 Å². The van der Waals surface area contributed by atoms with Gasteiger partial charge in [0.2, 0.25) is 5.91 Å². The number of aliphatic imine (C=N–C) groups is 1. The van der Waals surface area contributed by atoms with Gasteiger partial charge in [0.25, 0.3) is 0 Å². The van der Waals surface area contributed by atoms with E-state index in [9.17, 15) is 13.2 Å². The first-order valence-corrected chi connectivity index (χ1v) is 10.8. The van der Waals surface area contributed by atoms with Crippen LogP contribution in [0.5, 0.6) is 0 Å². The first kappa shape index (κ1) is 17.5. The molecule has 1 aromatic carbocycles. The number of sulfone groups is 1. The summed E-state index contributed by atoms with van der Waals surface area (Å²) < 4.78 is 23.4. The van der Waals surface area contributed by atoms with Crippen molar-refractivity contribution in [2.24, 2.45) is 10.9 Å². The second-order valence-corrected chi connectivity index (χ2v) is 10.1. The van der Waals surface area contributed by atoms with E-state index < -0.39 is 15.8 Å². The molecule has 2 aliphatic rings. The van der Waals surface area contributed by atoms with Crippen molar-refractivity contribution in [3.05, 3.63) is 35.9 Å².